The number of rotatable bonds is 17. The molecule has 0 bridgehead atoms. The van der Waals surface area contributed by atoms with Gasteiger partial charge in [0.05, 0.1) is 24.7 Å². The summed E-state index contributed by atoms with van der Waals surface area (Å²) in [6, 6.07) is 2.87. The molecule has 0 heterocycles. The van der Waals surface area contributed by atoms with E-state index in [1.165, 1.54) is 77.0 Å². The lowest BCUT2D eigenvalue weighted by Gasteiger charge is -2.27. The Hall–Kier alpha value is -1.41. The topological polar surface area (TPSA) is 71.7 Å². The molecule has 2 aliphatic rings. The summed E-state index contributed by atoms with van der Waals surface area (Å²) in [7, 11) is 0. The lowest BCUT2D eigenvalue weighted by molar-refractivity contribution is -0.148. The number of esters is 1. The first-order valence-corrected chi connectivity index (χ1v) is 14.8. The highest BCUT2D eigenvalue weighted by Gasteiger charge is 2.22. The van der Waals surface area contributed by atoms with E-state index < -0.39 is 0 Å². The van der Waals surface area contributed by atoms with Crippen LogP contribution in [0.1, 0.15) is 129 Å². The Morgan fingerprint density at radius 2 is 1.46 bits per heavy atom. The van der Waals surface area contributed by atoms with Crippen molar-refractivity contribution in [2.45, 2.75) is 142 Å². The SMILES string of the molecule is CCC(C)C(=O)OCCCCCCCCCCCOC1CCC(C=NC2CCC(C#N)CC2)CC1. The van der Waals surface area contributed by atoms with E-state index in [0.717, 1.165) is 45.1 Å². The smallest absolute Gasteiger partial charge is 0.308 e. The van der Waals surface area contributed by atoms with Crippen LogP contribution in [0.2, 0.25) is 0 Å². The highest BCUT2D eigenvalue weighted by Crippen LogP contribution is 2.28. The van der Waals surface area contributed by atoms with Crippen LogP contribution in [0.3, 0.4) is 0 Å². The summed E-state index contributed by atoms with van der Waals surface area (Å²) < 4.78 is 11.5. The molecule has 1 atom stereocenters. The van der Waals surface area contributed by atoms with Crippen LogP contribution < -0.4 is 0 Å². The van der Waals surface area contributed by atoms with E-state index in [1.807, 2.05) is 13.8 Å². The number of carbonyl (C=O) groups is 1. The lowest BCUT2D eigenvalue weighted by Crippen LogP contribution is -2.23. The standard InChI is InChI=1S/C30H52N2O3/c1-3-25(2)30(33)35-22-12-10-8-6-4-5-7-9-11-21-34-29-19-15-27(16-20-29)24-32-28-17-13-26(23-31)14-18-28/h24-29H,3-22H2,1-2H3. The van der Waals surface area contributed by atoms with Gasteiger partial charge in [-0.25, -0.2) is 0 Å². The Bertz CT molecular complexity index is 614. The first kappa shape index (κ1) is 29.8. The Balaban J connectivity index is 1.34. The third-order valence-corrected chi connectivity index (χ3v) is 8.01. The predicted molar refractivity (Wildman–Crippen MR) is 144 cm³/mol. The molecule has 5 heteroatoms. The van der Waals surface area contributed by atoms with Gasteiger partial charge in [0.2, 0.25) is 0 Å². The summed E-state index contributed by atoms with van der Waals surface area (Å²) in [6.07, 6.45) is 23.7. The first-order chi connectivity index (χ1) is 17.1. The van der Waals surface area contributed by atoms with Crippen molar-refractivity contribution in [2.24, 2.45) is 22.7 Å². The second kappa shape index (κ2) is 18.8. The average Bonchev–Trinajstić information content (AvgIpc) is 2.90. The molecule has 0 radical (unpaired) electrons. The molecule has 200 valence electrons. The number of ether oxygens (including phenoxy) is 2. The van der Waals surface area contributed by atoms with Gasteiger partial charge in [-0.05, 0) is 76.5 Å². The van der Waals surface area contributed by atoms with Crippen molar-refractivity contribution in [3.8, 4) is 6.07 Å². The van der Waals surface area contributed by atoms with Crippen LogP contribution in [-0.2, 0) is 14.3 Å². The summed E-state index contributed by atoms with van der Waals surface area (Å²) in [6.45, 7) is 5.46. The first-order valence-electron chi connectivity index (χ1n) is 14.8. The third kappa shape index (κ3) is 13.5. The number of nitriles is 1. The average molecular weight is 489 g/mol. The Kier molecular flexibility index (Phi) is 16.0. The molecule has 0 aromatic carbocycles. The van der Waals surface area contributed by atoms with Crippen molar-refractivity contribution in [1.29, 1.82) is 5.26 Å². The molecule has 35 heavy (non-hydrogen) atoms. The lowest BCUT2D eigenvalue weighted by atomic mass is 9.86. The van der Waals surface area contributed by atoms with Crippen molar-refractivity contribution >= 4 is 12.2 Å². The monoisotopic (exact) mass is 488 g/mol. The van der Waals surface area contributed by atoms with Gasteiger partial charge < -0.3 is 9.47 Å². The molecule has 0 aromatic heterocycles. The minimum Gasteiger partial charge on any atom is -0.465 e. The van der Waals surface area contributed by atoms with E-state index in [0.29, 0.717) is 24.7 Å². The molecule has 2 rings (SSSR count). The molecule has 2 saturated carbocycles. The molecule has 0 saturated heterocycles. The molecule has 2 fully saturated rings. The van der Waals surface area contributed by atoms with E-state index in [1.54, 1.807) is 0 Å². The maximum atomic E-state index is 11.6. The summed E-state index contributed by atoms with van der Waals surface area (Å²) in [4.78, 5) is 16.5. The molecule has 2 aliphatic carbocycles. The maximum Gasteiger partial charge on any atom is 0.308 e. The summed E-state index contributed by atoms with van der Waals surface area (Å²) in [5, 5.41) is 9.02. The van der Waals surface area contributed by atoms with E-state index in [9.17, 15) is 4.79 Å². The molecular weight excluding hydrogens is 436 g/mol. The normalized spacial score (nSPS) is 25.9. The van der Waals surface area contributed by atoms with Crippen molar-refractivity contribution in [3.05, 3.63) is 0 Å². The third-order valence-electron chi connectivity index (χ3n) is 8.01. The molecule has 0 spiro atoms. The second-order valence-electron chi connectivity index (χ2n) is 11.0. The maximum absolute atomic E-state index is 11.6. The van der Waals surface area contributed by atoms with Gasteiger partial charge in [-0.2, -0.15) is 5.26 Å². The van der Waals surface area contributed by atoms with E-state index in [2.05, 4.69) is 12.3 Å². The van der Waals surface area contributed by atoms with E-state index in [-0.39, 0.29) is 17.8 Å². The number of hydrogen-bond acceptors (Lipinski definition) is 5. The fourth-order valence-electron chi connectivity index (χ4n) is 5.18. The van der Waals surface area contributed by atoms with Gasteiger partial charge in [-0.1, -0.05) is 58.8 Å². The summed E-state index contributed by atoms with van der Waals surface area (Å²) >= 11 is 0. The van der Waals surface area contributed by atoms with Gasteiger partial charge in [-0.3, -0.25) is 9.79 Å². The van der Waals surface area contributed by atoms with Gasteiger partial charge in [0, 0.05) is 24.8 Å². The fourth-order valence-corrected chi connectivity index (χ4v) is 5.18. The zero-order valence-electron chi connectivity index (χ0n) is 22.7. The molecule has 1 unspecified atom stereocenters. The van der Waals surface area contributed by atoms with Gasteiger partial charge >= 0.3 is 5.97 Å². The number of aliphatic imine (C=N–C) groups is 1. The number of hydrogen-bond donors (Lipinski definition) is 0. The number of nitrogens with zero attached hydrogens (tertiary/aromatic N) is 2. The van der Waals surface area contributed by atoms with Crippen LogP contribution in [0.25, 0.3) is 0 Å². The summed E-state index contributed by atoms with van der Waals surface area (Å²) in [5.41, 5.74) is 0. The predicted octanol–water partition coefficient (Wildman–Crippen LogP) is 7.82. The largest absolute Gasteiger partial charge is 0.465 e. The molecular formula is C30H52N2O3. The van der Waals surface area contributed by atoms with E-state index >= 15 is 0 Å². The molecule has 0 amide bonds. The zero-order valence-corrected chi connectivity index (χ0v) is 22.7. The van der Waals surface area contributed by atoms with Gasteiger partial charge in [0.1, 0.15) is 0 Å². The molecule has 0 aromatic rings. The minimum atomic E-state index is -0.0413. The van der Waals surface area contributed by atoms with Crippen LogP contribution in [0.5, 0.6) is 0 Å². The van der Waals surface area contributed by atoms with Crippen molar-refractivity contribution in [3.63, 3.8) is 0 Å². The van der Waals surface area contributed by atoms with Crippen LogP contribution in [0, 0.1) is 29.1 Å². The quantitative estimate of drug-likeness (QED) is 0.119. The number of unbranched alkanes of at least 4 members (excludes halogenated alkanes) is 8. The van der Waals surface area contributed by atoms with Crippen LogP contribution in [0.15, 0.2) is 4.99 Å². The van der Waals surface area contributed by atoms with Crippen LogP contribution in [-0.4, -0.2) is 37.5 Å². The zero-order chi connectivity index (χ0) is 25.1. The van der Waals surface area contributed by atoms with Crippen molar-refractivity contribution in [1.82, 2.24) is 0 Å². The minimum absolute atomic E-state index is 0.0348. The van der Waals surface area contributed by atoms with Crippen molar-refractivity contribution < 1.29 is 14.3 Å². The number of carbonyl (C=O) groups excluding carboxylic acids is 1. The molecule has 0 N–H and O–H groups in total. The van der Waals surface area contributed by atoms with Crippen LogP contribution >= 0.6 is 0 Å². The van der Waals surface area contributed by atoms with Gasteiger partial charge in [0.15, 0.2) is 0 Å². The molecule has 0 aliphatic heterocycles. The highest BCUT2D eigenvalue weighted by molar-refractivity contribution is 5.71. The van der Waals surface area contributed by atoms with Crippen LogP contribution in [0.4, 0.5) is 0 Å². The highest BCUT2D eigenvalue weighted by atomic mass is 16.5. The Labute approximate surface area is 215 Å². The Morgan fingerprint density at radius 3 is 2.03 bits per heavy atom. The van der Waals surface area contributed by atoms with Crippen molar-refractivity contribution in [2.75, 3.05) is 13.2 Å². The summed E-state index contributed by atoms with van der Waals surface area (Å²) in [5.74, 6) is 0.889. The molecule has 5 nitrogen and oxygen atoms in total. The fraction of sp³-hybridized carbons (Fsp3) is 0.900. The van der Waals surface area contributed by atoms with Gasteiger partial charge in [-0.15, -0.1) is 0 Å². The van der Waals surface area contributed by atoms with E-state index in [4.69, 9.17) is 19.7 Å². The Morgan fingerprint density at radius 1 is 0.886 bits per heavy atom. The second-order valence-corrected chi connectivity index (χ2v) is 11.0. The van der Waals surface area contributed by atoms with Gasteiger partial charge in [0.25, 0.3) is 0 Å².